The summed E-state index contributed by atoms with van der Waals surface area (Å²) in [6, 6.07) is 3.58. The minimum atomic E-state index is -0.215. The van der Waals surface area contributed by atoms with Crippen molar-refractivity contribution < 1.29 is 14.0 Å². The topological polar surface area (TPSA) is 93.3 Å². The molecule has 8 heteroatoms. The lowest BCUT2D eigenvalue weighted by Gasteiger charge is -2.31. The van der Waals surface area contributed by atoms with Crippen LogP contribution in [0.25, 0.3) is 6.08 Å². The predicted octanol–water partition coefficient (Wildman–Crippen LogP) is 1.09. The van der Waals surface area contributed by atoms with Crippen molar-refractivity contribution in [3.63, 3.8) is 0 Å². The van der Waals surface area contributed by atoms with Crippen LogP contribution >= 0.6 is 0 Å². The van der Waals surface area contributed by atoms with Gasteiger partial charge in [0.05, 0.1) is 12.5 Å². The number of furan rings is 1. The second-order valence-electron chi connectivity index (χ2n) is 6.10. The Morgan fingerprint density at radius 3 is 2.84 bits per heavy atom. The van der Waals surface area contributed by atoms with Crippen LogP contribution in [0.3, 0.4) is 0 Å². The fourth-order valence-corrected chi connectivity index (χ4v) is 2.78. The summed E-state index contributed by atoms with van der Waals surface area (Å²) < 4.78 is 6.67. The fraction of sp³-hybridized carbons (Fsp3) is 0.412. The molecule has 0 unspecified atom stereocenters. The van der Waals surface area contributed by atoms with Crippen molar-refractivity contribution in [3.8, 4) is 0 Å². The van der Waals surface area contributed by atoms with Gasteiger partial charge >= 0.3 is 0 Å². The van der Waals surface area contributed by atoms with Gasteiger partial charge in [-0.2, -0.15) is 0 Å². The number of hydrogen-bond acceptors (Lipinski definition) is 5. The van der Waals surface area contributed by atoms with Crippen molar-refractivity contribution in [1.29, 1.82) is 0 Å². The zero-order chi connectivity index (χ0) is 17.6. The average Bonchev–Trinajstić information content (AvgIpc) is 3.29. The average molecular weight is 343 g/mol. The Hall–Kier alpha value is -2.90. The summed E-state index contributed by atoms with van der Waals surface area (Å²) in [7, 11) is 1.72. The van der Waals surface area contributed by atoms with Crippen molar-refractivity contribution in [2.45, 2.75) is 12.8 Å². The Labute approximate surface area is 145 Å². The number of hydrogen-bond donors (Lipinski definition) is 1. The van der Waals surface area contributed by atoms with Crippen LogP contribution in [-0.2, 0) is 11.8 Å². The van der Waals surface area contributed by atoms with Gasteiger partial charge in [0, 0.05) is 32.8 Å². The number of likely N-dealkylation sites (tertiary alicyclic amines) is 1. The zero-order valence-electron chi connectivity index (χ0n) is 14.1. The Morgan fingerprint density at radius 2 is 2.20 bits per heavy atom. The van der Waals surface area contributed by atoms with E-state index in [9.17, 15) is 9.59 Å². The normalized spacial score (nSPS) is 15.6. The van der Waals surface area contributed by atoms with Gasteiger partial charge in [-0.05, 0) is 37.0 Å². The first kappa shape index (κ1) is 16.9. The Balaban J connectivity index is 1.41. The highest BCUT2D eigenvalue weighted by Gasteiger charge is 2.22. The van der Waals surface area contributed by atoms with E-state index in [4.69, 9.17) is 4.42 Å². The molecule has 0 saturated carbocycles. The van der Waals surface area contributed by atoms with Gasteiger partial charge in [0.15, 0.2) is 5.69 Å². The molecular weight excluding hydrogens is 322 g/mol. The largest absolute Gasteiger partial charge is 0.465 e. The summed E-state index contributed by atoms with van der Waals surface area (Å²) in [5, 5.41) is 10.4. The van der Waals surface area contributed by atoms with Gasteiger partial charge in [-0.25, -0.2) is 0 Å². The minimum absolute atomic E-state index is 0.0153. The molecular formula is C17H21N5O3. The summed E-state index contributed by atoms with van der Waals surface area (Å²) >= 11 is 0. The molecule has 8 nitrogen and oxygen atoms in total. The number of amides is 2. The summed E-state index contributed by atoms with van der Waals surface area (Å²) in [4.78, 5) is 25.9. The lowest BCUT2D eigenvalue weighted by Crippen LogP contribution is -2.41. The first-order valence-electron chi connectivity index (χ1n) is 8.27. The van der Waals surface area contributed by atoms with Crippen molar-refractivity contribution >= 4 is 17.9 Å². The molecule has 1 N–H and O–H groups in total. The Morgan fingerprint density at radius 1 is 1.40 bits per heavy atom. The highest BCUT2D eigenvalue weighted by Crippen LogP contribution is 2.17. The first-order valence-corrected chi connectivity index (χ1v) is 8.27. The molecule has 1 saturated heterocycles. The highest BCUT2D eigenvalue weighted by molar-refractivity contribution is 5.92. The summed E-state index contributed by atoms with van der Waals surface area (Å²) in [5.41, 5.74) is 0.318. The SMILES string of the molecule is Cn1cc(C(=O)NCC2CCN(C(=O)C=Cc3ccco3)CC2)nn1. The van der Waals surface area contributed by atoms with E-state index in [1.165, 1.54) is 10.8 Å². The number of aromatic nitrogens is 3. The maximum atomic E-state index is 12.2. The van der Waals surface area contributed by atoms with Gasteiger partial charge in [0.1, 0.15) is 5.76 Å². The molecule has 0 aliphatic carbocycles. The molecule has 2 aromatic rings. The minimum Gasteiger partial charge on any atom is -0.465 e. The molecule has 0 bridgehead atoms. The number of nitrogens with one attached hydrogen (secondary N) is 1. The second kappa shape index (κ2) is 7.78. The van der Waals surface area contributed by atoms with E-state index in [-0.39, 0.29) is 11.8 Å². The third kappa shape index (κ3) is 4.56. The van der Waals surface area contributed by atoms with Gasteiger partial charge in [0.2, 0.25) is 5.91 Å². The molecule has 3 rings (SSSR count). The van der Waals surface area contributed by atoms with Crippen LogP contribution in [0.15, 0.2) is 35.1 Å². The van der Waals surface area contributed by atoms with E-state index in [1.807, 2.05) is 4.90 Å². The zero-order valence-corrected chi connectivity index (χ0v) is 14.1. The van der Waals surface area contributed by atoms with E-state index in [0.717, 1.165) is 12.8 Å². The maximum absolute atomic E-state index is 12.2. The third-order valence-corrected chi connectivity index (χ3v) is 4.25. The smallest absolute Gasteiger partial charge is 0.273 e. The van der Waals surface area contributed by atoms with Gasteiger partial charge < -0.3 is 14.6 Å². The number of piperidine rings is 1. The molecule has 2 amide bonds. The highest BCUT2D eigenvalue weighted by atomic mass is 16.3. The molecule has 0 spiro atoms. The number of rotatable bonds is 5. The van der Waals surface area contributed by atoms with Crippen molar-refractivity contribution in [1.82, 2.24) is 25.2 Å². The summed E-state index contributed by atoms with van der Waals surface area (Å²) in [6.45, 7) is 1.96. The molecule has 1 aliphatic heterocycles. The molecule has 1 aliphatic rings. The molecule has 1 fully saturated rings. The number of carbonyl (C=O) groups excluding carboxylic acids is 2. The van der Waals surface area contributed by atoms with E-state index in [1.54, 1.807) is 37.7 Å². The number of aryl methyl sites for hydroxylation is 1. The van der Waals surface area contributed by atoms with Crippen molar-refractivity contribution in [3.05, 3.63) is 42.1 Å². The first-order chi connectivity index (χ1) is 12.1. The van der Waals surface area contributed by atoms with Crippen LogP contribution in [0.1, 0.15) is 29.1 Å². The molecule has 0 aromatic carbocycles. The van der Waals surface area contributed by atoms with E-state index < -0.39 is 0 Å². The van der Waals surface area contributed by atoms with Crippen LogP contribution in [0.4, 0.5) is 0 Å². The predicted molar refractivity (Wildman–Crippen MR) is 90.4 cm³/mol. The van der Waals surface area contributed by atoms with Crippen molar-refractivity contribution in [2.24, 2.45) is 13.0 Å². The van der Waals surface area contributed by atoms with Gasteiger partial charge in [-0.15, -0.1) is 5.10 Å². The monoisotopic (exact) mass is 343 g/mol. The van der Waals surface area contributed by atoms with Gasteiger partial charge in [-0.1, -0.05) is 5.21 Å². The Kier molecular flexibility index (Phi) is 5.27. The standard InChI is InChI=1S/C17H21N5O3/c1-21-12-15(19-20-21)17(24)18-11-13-6-8-22(9-7-13)16(23)5-4-14-3-2-10-25-14/h2-5,10,12-13H,6-9,11H2,1H3,(H,18,24). The lowest BCUT2D eigenvalue weighted by atomic mass is 9.96. The summed E-state index contributed by atoms with van der Waals surface area (Å²) in [6.07, 6.45) is 8.10. The molecule has 25 heavy (non-hydrogen) atoms. The molecule has 2 aromatic heterocycles. The third-order valence-electron chi connectivity index (χ3n) is 4.25. The van der Waals surface area contributed by atoms with E-state index >= 15 is 0 Å². The van der Waals surface area contributed by atoms with Crippen LogP contribution in [-0.4, -0.2) is 51.3 Å². The second-order valence-corrected chi connectivity index (χ2v) is 6.10. The van der Waals surface area contributed by atoms with Crippen LogP contribution in [0.5, 0.6) is 0 Å². The van der Waals surface area contributed by atoms with Crippen molar-refractivity contribution in [2.75, 3.05) is 19.6 Å². The molecule has 3 heterocycles. The number of nitrogens with zero attached hydrogens (tertiary/aromatic N) is 4. The lowest BCUT2D eigenvalue weighted by molar-refractivity contribution is -0.127. The Bertz CT molecular complexity index is 742. The maximum Gasteiger partial charge on any atom is 0.273 e. The van der Waals surface area contributed by atoms with Crippen LogP contribution < -0.4 is 5.32 Å². The van der Waals surface area contributed by atoms with Gasteiger partial charge in [-0.3, -0.25) is 14.3 Å². The van der Waals surface area contributed by atoms with Gasteiger partial charge in [0.25, 0.3) is 5.91 Å². The van der Waals surface area contributed by atoms with E-state index in [2.05, 4.69) is 15.6 Å². The van der Waals surface area contributed by atoms with E-state index in [0.29, 0.717) is 37.0 Å². The number of carbonyl (C=O) groups is 2. The fourth-order valence-electron chi connectivity index (χ4n) is 2.78. The quantitative estimate of drug-likeness (QED) is 0.820. The van der Waals surface area contributed by atoms with Crippen LogP contribution in [0.2, 0.25) is 0 Å². The molecule has 132 valence electrons. The summed E-state index contributed by atoms with van der Waals surface area (Å²) in [5.74, 6) is 0.792. The molecule has 0 atom stereocenters. The molecule has 0 radical (unpaired) electrons. The van der Waals surface area contributed by atoms with Crippen LogP contribution in [0, 0.1) is 5.92 Å².